The molecular formula is C15H13NO5. The maximum atomic E-state index is 12.1. The van der Waals surface area contributed by atoms with Gasteiger partial charge in [0, 0.05) is 11.1 Å². The lowest BCUT2D eigenvalue weighted by Gasteiger charge is -2.11. The Morgan fingerprint density at radius 3 is 2.29 bits per heavy atom. The molecular weight excluding hydrogens is 274 g/mol. The van der Waals surface area contributed by atoms with Crippen molar-refractivity contribution in [1.82, 2.24) is 0 Å². The smallest absolute Gasteiger partial charge is 0.339 e. The molecule has 4 N–H and O–H groups in total. The normalized spacial score (nSPS) is 10.1. The molecule has 2 rings (SSSR count). The average Bonchev–Trinajstić information content (AvgIpc) is 2.43. The van der Waals surface area contributed by atoms with Crippen molar-refractivity contribution >= 4 is 17.6 Å². The van der Waals surface area contributed by atoms with Crippen molar-refractivity contribution in [3.05, 3.63) is 53.1 Å². The number of carboxylic acids is 1. The van der Waals surface area contributed by atoms with E-state index in [-0.39, 0.29) is 22.6 Å². The minimum atomic E-state index is -1.29. The van der Waals surface area contributed by atoms with E-state index >= 15 is 0 Å². The summed E-state index contributed by atoms with van der Waals surface area (Å²) < 4.78 is 0. The number of aromatic carboxylic acids is 1. The molecule has 2 aromatic rings. The van der Waals surface area contributed by atoms with Gasteiger partial charge in [-0.3, -0.25) is 4.79 Å². The number of phenols is 2. The number of carbonyl (C=O) groups is 2. The first-order chi connectivity index (χ1) is 9.91. The molecule has 0 saturated carbocycles. The molecule has 0 bridgehead atoms. The summed E-state index contributed by atoms with van der Waals surface area (Å²) in [4.78, 5) is 23.1. The van der Waals surface area contributed by atoms with Crippen molar-refractivity contribution in [3.63, 3.8) is 0 Å². The fourth-order valence-electron chi connectivity index (χ4n) is 1.88. The molecule has 0 aliphatic rings. The van der Waals surface area contributed by atoms with Gasteiger partial charge in [0.05, 0.1) is 5.69 Å². The van der Waals surface area contributed by atoms with E-state index in [4.69, 9.17) is 5.11 Å². The summed E-state index contributed by atoms with van der Waals surface area (Å²) in [5.41, 5.74) is 0.307. The Morgan fingerprint density at radius 1 is 1.00 bits per heavy atom. The van der Waals surface area contributed by atoms with Crippen LogP contribution in [0.5, 0.6) is 11.5 Å². The van der Waals surface area contributed by atoms with Crippen LogP contribution in [0.1, 0.15) is 26.3 Å². The molecule has 0 fully saturated rings. The van der Waals surface area contributed by atoms with Crippen LogP contribution in [0.3, 0.4) is 0 Å². The van der Waals surface area contributed by atoms with E-state index in [0.29, 0.717) is 5.56 Å². The highest BCUT2D eigenvalue weighted by molar-refractivity contribution is 6.07. The van der Waals surface area contributed by atoms with Crippen molar-refractivity contribution in [2.45, 2.75) is 6.92 Å². The van der Waals surface area contributed by atoms with Gasteiger partial charge < -0.3 is 20.6 Å². The highest BCUT2D eigenvalue weighted by atomic mass is 16.4. The summed E-state index contributed by atoms with van der Waals surface area (Å²) in [5.74, 6) is -2.39. The molecule has 0 saturated heterocycles. The number of para-hydroxylation sites is 1. The predicted octanol–water partition coefficient (Wildman–Crippen LogP) is 2.36. The van der Waals surface area contributed by atoms with E-state index in [2.05, 4.69) is 5.32 Å². The first-order valence-electron chi connectivity index (χ1n) is 6.07. The van der Waals surface area contributed by atoms with Gasteiger partial charge in [-0.1, -0.05) is 12.1 Å². The zero-order chi connectivity index (χ0) is 15.6. The van der Waals surface area contributed by atoms with Crippen LogP contribution < -0.4 is 5.32 Å². The molecule has 2 aromatic carbocycles. The van der Waals surface area contributed by atoms with Crippen molar-refractivity contribution in [1.29, 1.82) is 0 Å². The number of carboxylic acid groups (broad SMARTS) is 1. The number of carbonyl (C=O) groups excluding carboxylic acids is 1. The fraction of sp³-hybridized carbons (Fsp3) is 0.0667. The summed E-state index contributed by atoms with van der Waals surface area (Å²) in [6, 6.07) is 8.51. The molecule has 1 amide bonds. The van der Waals surface area contributed by atoms with Gasteiger partial charge in [0.2, 0.25) is 0 Å². The first-order valence-corrected chi connectivity index (χ1v) is 6.07. The lowest BCUT2D eigenvalue weighted by Crippen LogP contribution is -2.14. The number of phenolic OH excluding ortho intramolecular Hbond substituents is 1. The lowest BCUT2D eigenvalue weighted by atomic mass is 10.1. The van der Waals surface area contributed by atoms with Crippen molar-refractivity contribution in [2.75, 3.05) is 5.32 Å². The predicted molar refractivity (Wildman–Crippen MR) is 75.9 cm³/mol. The molecule has 0 unspecified atom stereocenters. The van der Waals surface area contributed by atoms with Crippen LogP contribution in [0.4, 0.5) is 5.69 Å². The second kappa shape index (κ2) is 5.54. The topological polar surface area (TPSA) is 107 Å². The fourth-order valence-corrected chi connectivity index (χ4v) is 1.88. The number of hydrogen-bond acceptors (Lipinski definition) is 4. The molecule has 0 aliphatic heterocycles. The van der Waals surface area contributed by atoms with Gasteiger partial charge in [0.25, 0.3) is 5.91 Å². The second-order valence-electron chi connectivity index (χ2n) is 4.41. The third-order valence-electron chi connectivity index (χ3n) is 3.06. The SMILES string of the molecule is Cc1c(O)cccc1C(=O)Nc1cccc(C(=O)O)c1O. The van der Waals surface area contributed by atoms with Gasteiger partial charge in [0.1, 0.15) is 11.3 Å². The third-order valence-corrected chi connectivity index (χ3v) is 3.06. The van der Waals surface area contributed by atoms with Gasteiger partial charge >= 0.3 is 5.97 Å². The summed E-state index contributed by atoms with van der Waals surface area (Å²) in [6.45, 7) is 1.58. The van der Waals surface area contributed by atoms with Crippen molar-refractivity contribution < 1.29 is 24.9 Å². The molecule has 6 nitrogen and oxygen atoms in total. The van der Waals surface area contributed by atoms with Crippen LogP contribution in [-0.4, -0.2) is 27.2 Å². The van der Waals surface area contributed by atoms with Gasteiger partial charge in [0.15, 0.2) is 5.75 Å². The van der Waals surface area contributed by atoms with E-state index in [1.165, 1.54) is 36.4 Å². The van der Waals surface area contributed by atoms with E-state index in [0.717, 1.165) is 0 Å². The van der Waals surface area contributed by atoms with E-state index in [1.807, 2.05) is 0 Å². The highest BCUT2D eigenvalue weighted by Gasteiger charge is 2.17. The van der Waals surface area contributed by atoms with Gasteiger partial charge in [-0.05, 0) is 31.2 Å². The number of nitrogens with one attached hydrogen (secondary N) is 1. The monoisotopic (exact) mass is 287 g/mol. The number of hydrogen-bond donors (Lipinski definition) is 4. The molecule has 0 radical (unpaired) electrons. The Hall–Kier alpha value is -3.02. The number of benzene rings is 2. The first kappa shape index (κ1) is 14.4. The lowest BCUT2D eigenvalue weighted by molar-refractivity contribution is 0.0693. The van der Waals surface area contributed by atoms with Gasteiger partial charge in [-0.2, -0.15) is 0 Å². The van der Waals surface area contributed by atoms with Gasteiger partial charge in [-0.15, -0.1) is 0 Å². The maximum absolute atomic E-state index is 12.1. The maximum Gasteiger partial charge on any atom is 0.339 e. The Labute approximate surface area is 120 Å². The third kappa shape index (κ3) is 2.79. The minimum absolute atomic E-state index is 0.0114. The highest BCUT2D eigenvalue weighted by Crippen LogP contribution is 2.28. The molecule has 108 valence electrons. The molecule has 0 aromatic heterocycles. The number of aromatic hydroxyl groups is 2. The molecule has 0 atom stereocenters. The molecule has 0 aliphatic carbocycles. The summed E-state index contributed by atoms with van der Waals surface area (Å²) >= 11 is 0. The Bertz CT molecular complexity index is 724. The van der Waals surface area contributed by atoms with Crippen LogP contribution in [0.2, 0.25) is 0 Å². The Morgan fingerprint density at radius 2 is 1.62 bits per heavy atom. The Kier molecular flexibility index (Phi) is 3.80. The van der Waals surface area contributed by atoms with Crippen molar-refractivity contribution in [3.8, 4) is 11.5 Å². The van der Waals surface area contributed by atoms with Crippen LogP contribution in [0, 0.1) is 6.92 Å². The molecule has 21 heavy (non-hydrogen) atoms. The largest absolute Gasteiger partial charge is 0.508 e. The quantitative estimate of drug-likeness (QED) is 0.648. The van der Waals surface area contributed by atoms with E-state index in [9.17, 15) is 19.8 Å². The van der Waals surface area contributed by atoms with Gasteiger partial charge in [-0.25, -0.2) is 4.79 Å². The molecule has 0 heterocycles. The summed E-state index contributed by atoms with van der Waals surface area (Å²) in [6.07, 6.45) is 0. The molecule has 6 heteroatoms. The zero-order valence-corrected chi connectivity index (χ0v) is 11.1. The summed E-state index contributed by atoms with van der Waals surface area (Å²) in [5, 5.41) is 30.8. The number of amides is 1. The summed E-state index contributed by atoms with van der Waals surface area (Å²) in [7, 11) is 0. The standard InChI is InChI=1S/C15H13NO5/c1-8-9(4-3-7-12(8)17)14(19)16-11-6-2-5-10(13(11)18)15(20)21/h2-7,17-18H,1H3,(H,16,19)(H,20,21). The Balaban J connectivity index is 2.34. The average molecular weight is 287 g/mol. The van der Waals surface area contributed by atoms with Crippen LogP contribution in [0.25, 0.3) is 0 Å². The van der Waals surface area contributed by atoms with Crippen LogP contribution in [0.15, 0.2) is 36.4 Å². The second-order valence-corrected chi connectivity index (χ2v) is 4.41. The van der Waals surface area contributed by atoms with E-state index < -0.39 is 17.6 Å². The zero-order valence-electron chi connectivity index (χ0n) is 11.1. The molecule has 0 spiro atoms. The number of rotatable bonds is 3. The van der Waals surface area contributed by atoms with Crippen LogP contribution in [-0.2, 0) is 0 Å². The van der Waals surface area contributed by atoms with Crippen LogP contribution >= 0.6 is 0 Å². The minimum Gasteiger partial charge on any atom is -0.508 e. The number of anilines is 1. The van der Waals surface area contributed by atoms with E-state index in [1.54, 1.807) is 6.92 Å². The van der Waals surface area contributed by atoms with Crippen molar-refractivity contribution in [2.24, 2.45) is 0 Å².